The number of alkyl halides is 2. The lowest BCUT2D eigenvalue weighted by molar-refractivity contribution is -0.286. The third-order valence-corrected chi connectivity index (χ3v) is 3.71. The highest BCUT2D eigenvalue weighted by atomic mass is 19.3. The fourth-order valence-electron chi connectivity index (χ4n) is 2.42. The van der Waals surface area contributed by atoms with Crippen LogP contribution in [0.2, 0.25) is 0 Å². The molecule has 25 heavy (non-hydrogen) atoms. The van der Waals surface area contributed by atoms with Gasteiger partial charge in [0.2, 0.25) is 0 Å². The zero-order chi connectivity index (χ0) is 18.0. The van der Waals surface area contributed by atoms with Crippen LogP contribution >= 0.6 is 0 Å². The average molecular weight is 348 g/mol. The maximum atomic E-state index is 13.0. The summed E-state index contributed by atoms with van der Waals surface area (Å²) in [4.78, 5) is 24.3. The lowest BCUT2D eigenvalue weighted by Gasteiger charge is -2.04. The van der Waals surface area contributed by atoms with Crippen molar-refractivity contribution in [1.29, 1.82) is 0 Å². The van der Waals surface area contributed by atoms with Gasteiger partial charge in [-0.15, -0.1) is 8.78 Å². The molecule has 0 radical (unpaired) electrons. The summed E-state index contributed by atoms with van der Waals surface area (Å²) in [6, 6.07) is 10.4. The van der Waals surface area contributed by atoms with E-state index in [1.54, 1.807) is 24.3 Å². The van der Waals surface area contributed by atoms with E-state index in [0.717, 1.165) is 0 Å². The third kappa shape index (κ3) is 3.76. The van der Waals surface area contributed by atoms with E-state index in [1.165, 1.54) is 25.3 Å². The zero-order valence-electron chi connectivity index (χ0n) is 13.3. The summed E-state index contributed by atoms with van der Waals surface area (Å²) in [5.74, 6) is -0.232. The van der Waals surface area contributed by atoms with E-state index in [1.807, 2.05) is 0 Å². The smallest absolute Gasteiger partial charge is 0.497 e. The molecule has 0 amide bonds. The molecule has 2 aromatic carbocycles. The molecule has 0 bridgehead atoms. The molecule has 0 saturated carbocycles. The normalized spacial score (nSPS) is 14.2. The highest BCUT2D eigenvalue weighted by Crippen LogP contribution is 2.41. The molecule has 0 aliphatic carbocycles. The molecule has 130 valence electrons. The van der Waals surface area contributed by atoms with Crippen molar-refractivity contribution in [3.05, 3.63) is 53.6 Å². The first-order chi connectivity index (χ1) is 11.9. The Morgan fingerprint density at radius 2 is 1.48 bits per heavy atom. The Labute approximate surface area is 142 Å². The highest BCUT2D eigenvalue weighted by molar-refractivity contribution is 6.02. The van der Waals surface area contributed by atoms with Gasteiger partial charge in [0.15, 0.2) is 23.1 Å². The summed E-state index contributed by atoms with van der Waals surface area (Å²) >= 11 is 0. The van der Waals surface area contributed by atoms with Crippen LogP contribution in [0.3, 0.4) is 0 Å². The van der Waals surface area contributed by atoms with Gasteiger partial charge in [0.25, 0.3) is 0 Å². The number of benzene rings is 2. The number of ether oxygens (including phenoxy) is 3. The van der Waals surface area contributed by atoms with Crippen molar-refractivity contribution in [2.45, 2.75) is 19.1 Å². The summed E-state index contributed by atoms with van der Waals surface area (Å²) in [5, 5.41) is 0. The molecular formula is C18H14F2O5. The predicted molar refractivity (Wildman–Crippen MR) is 83.5 cm³/mol. The summed E-state index contributed by atoms with van der Waals surface area (Å²) in [6.07, 6.45) is -3.76. The van der Waals surface area contributed by atoms with Gasteiger partial charge in [-0.05, 0) is 42.5 Å². The minimum absolute atomic E-state index is 0.00969. The van der Waals surface area contributed by atoms with Crippen LogP contribution in [0.15, 0.2) is 42.5 Å². The van der Waals surface area contributed by atoms with Crippen LogP contribution in [-0.4, -0.2) is 25.0 Å². The van der Waals surface area contributed by atoms with E-state index in [-0.39, 0.29) is 41.5 Å². The van der Waals surface area contributed by atoms with Crippen molar-refractivity contribution in [1.82, 2.24) is 0 Å². The Bertz CT molecular complexity index is 815. The van der Waals surface area contributed by atoms with Gasteiger partial charge in [0, 0.05) is 24.0 Å². The van der Waals surface area contributed by atoms with Crippen molar-refractivity contribution in [3.8, 4) is 17.2 Å². The molecule has 0 N–H and O–H groups in total. The summed E-state index contributed by atoms with van der Waals surface area (Å²) in [7, 11) is 1.52. The molecule has 1 aliphatic rings. The number of Topliss-reactive ketones (excluding diaryl/α,β-unsaturated/α-hetero) is 2. The number of rotatable bonds is 6. The Morgan fingerprint density at radius 1 is 0.920 bits per heavy atom. The summed E-state index contributed by atoms with van der Waals surface area (Å²) < 4.78 is 39.6. The molecule has 7 heteroatoms. The van der Waals surface area contributed by atoms with Gasteiger partial charge < -0.3 is 14.2 Å². The zero-order valence-corrected chi connectivity index (χ0v) is 13.3. The minimum Gasteiger partial charge on any atom is -0.497 e. The number of hydrogen-bond donors (Lipinski definition) is 0. The number of ketones is 2. The van der Waals surface area contributed by atoms with Crippen LogP contribution in [0.4, 0.5) is 8.78 Å². The number of fused-ring (bicyclic) bond motifs is 1. The minimum atomic E-state index is -3.73. The first-order valence-corrected chi connectivity index (χ1v) is 7.48. The Kier molecular flexibility index (Phi) is 4.39. The third-order valence-electron chi connectivity index (χ3n) is 3.71. The number of carbonyl (C=O) groups excluding carboxylic acids is 2. The predicted octanol–water partition coefficient (Wildman–Crippen LogP) is 3.86. The van der Waals surface area contributed by atoms with Crippen LogP contribution in [-0.2, 0) is 0 Å². The summed E-state index contributed by atoms with van der Waals surface area (Å²) in [5.41, 5.74) is 0.654. The van der Waals surface area contributed by atoms with E-state index < -0.39 is 6.29 Å². The van der Waals surface area contributed by atoms with Gasteiger partial charge in [-0.2, -0.15) is 0 Å². The second kappa shape index (κ2) is 6.51. The average Bonchev–Trinajstić information content (AvgIpc) is 2.92. The first-order valence-electron chi connectivity index (χ1n) is 7.48. The van der Waals surface area contributed by atoms with Gasteiger partial charge in [-0.25, -0.2) is 0 Å². The second-order valence-electron chi connectivity index (χ2n) is 5.40. The molecule has 3 rings (SSSR count). The molecule has 0 unspecified atom stereocenters. The Hall–Kier alpha value is -2.96. The molecule has 1 aliphatic heterocycles. The van der Waals surface area contributed by atoms with Crippen molar-refractivity contribution in [2.24, 2.45) is 0 Å². The molecule has 5 nitrogen and oxygen atoms in total. The monoisotopic (exact) mass is 348 g/mol. The second-order valence-corrected chi connectivity index (χ2v) is 5.40. The fourth-order valence-corrected chi connectivity index (χ4v) is 2.42. The number of halogens is 2. The quantitative estimate of drug-likeness (QED) is 0.742. The highest BCUT2D eigenvalue weighted by Gasteiger charge is 2.43. The van der Waals surface area contributed by atoms with Gasteiger partial charge in [-0.1, -0.05) is 0 Å². The van der Waals surface area contributed by atoms with Crippen molar-refractivity contribution < 1.29 is 32.6 Å². The van der Waals surface area contributed by atoms with E-state index in [9.17, 15) is 18.4 Å². The first kappa shape index (κ1) is 16.9. The maximum Gasteiger partial charge on any atom is 0.586 e. The number of methoxy groups -OCH3 is 1. The number of hydrogen-bond acceptors (Lipinski definition) is 5. The molecule has 0 fully saturated rings. The lowest BCUT2D eigenvalue weighted by atomic mass is 10.0. The van der Waals surface area contributed by atoms with Crippen LogP contribution in [0, 0.1) is 0 Å². The van der Waals surface area contributed by atoms with Crippen molar-refractivity contribution >= 4 is 11.6 Å². The SMILES string of the molecule is COc1ccc(C(=O)CCC(=O)c2ccc3c(c2)OC(F)(F)O3)cc1. The van der Waals surface area contributed by atoms with E-state index in [4.69, 9.17) is 4.74 Å². The van der Waals surface area contributed by atoms with Crippen LogP contribution in [0.25, 0.3) is 0 Å². The summed E-state index contributed by atoms with van der Waals surface area (Å²) in [6.45, 7) is 0. The fraction of sp³-hybridized carbons (Fsp3) is 0.222. The molecule has 0 aromatic heterocycles. The van der Waals surface area contributed by atoms with Crippen LogP contribution in [0.1, 0.15) is 33.6 Å². The molecule has 1 heterocycles. The van der Waals surface area contributed by atoms with Crippen molar-refractivity contribution in [3.63, 3.8) is 0 Å². The Morgan fingerprint density at radius 3 is 2.12 bits per heavy atom. The molecule has 2 aromatic rings. The van der Waals surface area contributed by atoms with Crippen LogP contribution < -0.4 is 14.2 Å². The van der Waals surface area contributed by atoms with E-state index in [2.05, 4.69) is 9.47 Å². The largest absolute Gasteiger partial charge is 0.586 e. The molecular weight excluding hydrogens is 334 g/mol. The van der Waals surface area contributed by atoms with E-state index in [0.29, 0.717) is 11.3 Å². The van der Waals surface area contributed by atoms with Gasteiger partial charge in [0.05, 0.1) is 7.11 Å². The standard InChI is InChI=1S/C18H14F2O5/c1-23-13-5-2-11(3-6-13)14(21)7-8-15(22)12-4-9-16-17(10-12)25-18(19,20)24-16/h2-6,9-10H,7-8H2,1H3. The topological polar surface area (TPSA) is 61.8 Å². The van der Waals surface area contributed by atoms with Gasteiger partial charge >= 0.3 is 6.29 Å². The van der Waals surface area contributed by atoms with Crippen molar-refractivity contribution in [2.75, 3.05) is 7.11 Å². The molecule has 0 saturated heterocycles. The lowest BCUT2D eigenvalue weighted by Crippen LogP contribution is -2.25. The number of carbonyl (C=O) groups is 2. The van der Waals surface area contributed by atoms with Crippen LogP contribution in [0.5, 0.6) is 17.2 Å². The molecule has 0 atom stereocenters. The van der Waals surface area contributed by atoms with E-state index >= 15 is 0 Å². The Balaban J connectivity index is 1.62. The van der Waals surface area contributed by atoms with Gasteiger partial charge in [-0.3, -0.25) is 9.59 Å². The maximum absolute atomic E-state index is 13.0. The molecule has 0 spiro atoms. The van der Waals surface area contributed by atoms with Gasteiger partial charge in [0.1, 0.15) is 5.75 Å².